The number of benzene rings is 2. The van der Waals surface area contributed by atoms with Gasteiger partial charge in [0.2, 0.25) is 0 Å². The van der Waals surface area contributed by atoms with Gasteiger partial charge in [-0.25, -0.2) is 4.98 Å². The first-order valence-corrected chi connectivity index (χ1v) is 11.3. The Hall–Kier alpha value is -3.94. The molecule has 176 valence electrons. The zero-order valence-electron chi connectivity index (χ0n) is 19.3. The van der Waals surface area contributed by atoms with Gasteiger partial charge in [0.25, 0.3) is 5.56 Å². The summed E-state index contributed by atoms with van der Waals surface area (Å²) < 4.78 is 17.5. The lowest BCUT2D eigenvalue weighted by molar-refractivity contribution is -0.145. The molecule has 0 N–H and O–H groups in total. The third-order valence-corrected chi connectivity index (χ3v) is 5.54. The van der Waals surface area contributed by atoms with Gasteiger partial charge in [-0.1, -0.05) is 30.6 Å². The Bertz CT molecular complexity index is 1320. The van der Waals surface area contributed by atoms with E-state index >= 15 is 0 Å². The molecule has 8 nitrogen and oxygen atoms in total. The van der Waals surface area contributed by atoms with Crippen LogP contribution in [0.25, 0.3) is 22.3 Å². The Morgan fingerprint density at radius 3 is 2.68 bits per heavy atom. The zero-order chi connectivity index (χ0) is 23.9. The first-order valence-electron chi connectivity index (χ1n) is 11.3. The van der Waals surface area contributed by atoms with E-state index in [1.54, 1.807) is 17.7 Å². The Balaban J connectivity index is 1.37. The number of carbonyl (C=O) groups excluding carboxylic acids is 1. The third kappa shape index (κ3) is 5.33. The van der Waals surface area contributed by atoms with Crippen molar-refractivity contribution in [2.45, 2.75) is 45.8 Å². The van der Waals surface area contributed by atoms with Crippen LogP contribution in [0.5, 0.6) is 5.75 Å². The summed E-state index contributed by atoms with van der Waals surface area (Å²) in [6.45, 7) is 2.67. The molecule has 0 radical (unpaired) electrons. The molecule has 0 saturated heterocycles. The van der Waals surface area contributed by atoms with E-state index in [2.05, 4.69) is 17.1 Å². The first kappa shape index (κ1) is 23.2. The molecule has 34 heavy (non-hydrogen) atoms. The van der Waals surface area contributed by atoms with Gasteiger partial charge >= 0.3 is 5.97 Å². The maximum atomic E-state index is 13.0. The molecule has 0 unspecified atom stereocenters. The van der Waals surface area contributed by atoms with Gasteiger partial charge in [-0.3, -0.25) is 9.59 Å². The van der Waals surface area contributed by atoms with Crippen LogP contribution in [0.2, 0.25) is 0 Å². The topological polar surface area (TPSA) is 96.5 Å². The lowest BCUT2D eigenvalue weighted by Gasteiger charge is -2.11. The number of hydrogen-bond donors (Lipinski definition) is 0. The van der Waals surface area contributed by atoms with Crippen LogP contribution in [-0.2, 0) is 29.1 Å². The fourth-order valence-electron chi connectivity index (χ4n) is 3.67. The normalized spacial score (nSPS) is 11.0. The average Bonchev–Trinajstić information content (AvgIpc) is 3.35. The van der Waals surface area contributed by atoms with Crippen LogP contribution in [0.15, 0.2) is 63.9 Å². The molecule has 0 bridgehead atoms. The molecule has 0 fully saturated rings. The van der Waals surface area contributed by atoms with Gasteiger partial charge in [-0.2, -0.15) is 0 Å². The molecule has 0 aliphatic heterocycles. The van der Waals surface area contributed by atoms with E-state index in [1.807, 2.05) is 48.5 Å². The van der Waals surface area contributed by atoms with Crippen LogP contribution in [0, 0.1) is 0 Å². The summed E-state index contributed by atoms with van der Waals surface area (Å²) in [7, 11) is 1.61. The van der Waals surface area contributed by atoms with Crippen molar-refractivity contribution in [3.63, 3.8) is 0 Å². The number of methoxy groups -OCH3 is 1. The Labute approximate surface area is 197 Å². The second-order valence-corrected chi connectivity index (χ2v) is 7.93. The smallest absolute Gasteiger partial charge is 0.306 e. The predicted octanol–water partition coefficient (Wildman–Crippen LogP) is 4.54. The summed E-state index contributed by atoms with van der Waals surface area (Å²) in [6.07, 6.45) is 2.13. The Morgan fingerprint density at radius 1 is 1.12 bits per heavy atom. The predicted molar refractivity (Wildman–Crippen MR) is 128 cm³/mol. The van der Waals surface area contributed by atoms with Crippen molar-refractivity contribution in [1.29, 1.82) is 0 Å². The number of nitrogens with zero attached hydrogens (tertiary/aromatic N) is 3. The van der Waals surface area contributed by atoms with Gasteiger partial charge in [0.1, 0.15) is 17.1 Å². The van der Waals surface area contributed by atoms with Gasteiger partial charge in [0.05, 0.1) is 24.6 Å². The number of esters is 1. The minimum absolute atomic E-state index is 0.0339. The number of rotatable bonds is 10. The van der Waals surface area contributed by atoms with E-state index in [-0.39, 0.29) is 25.0 Å². The van der Waals surface area contributed by atoms with E-state index in [0.29, 0.717) is 23.7 Å². The van der Waals surface area contributed by atoms with Gasteiger partial charge in [-0.05, 0) is 42.8 Å². The molecule has 8 heteroatoms. The van der Waals surface area contributed by atoms with Crippen molar-refractivity contribution in [1.82, 2.24) is 14.7 Å². The molecule has 4 aromatic rings. The first-order chi connectivity index (χ1) is 16.6. The van der Waals surface area contributed by atoms with Crippen LogP contribution >= 0.6 is 0 Å². The highest BCUT2D eigenvalue weighted by Crippen LogP contribution is 2.22. The van der Waals surface area contributed by atoms with Crippen LogP contribution in [0.3, 0.4) is 0 Å². The Morgan fingerprint density at radius 2 is 1.91 bits per heavy atom. The zero-order valence-corrected chi connectivity index (χ0v) is 19.3. The molecule has 0 aliphatic rings. The molecular weight excluding hydrogens is 434 g/mol. The number of unbranched alkanes of at least 4 members (excludes halogenated alkanes) is 1. The molecule has 0 saturated carbocycles. The van der Waals surface area contributed by atoms with E-state index < -0.39 is 5.97 Å². The number of aryl methyl sites for hydroxylation is 2. The number of carbonyl (C=O) groups is 1. The van der Waals surface area contributed by atoms with Crippen molar-refractivity contribution >= 4 is 17.0 Å². The lowest BCUT2D eigenvalue weighted by atomic mass is 10.1. The highest BCUT2D eigenvalue weighted by Gasteiger charge is 2.14. The van der Waals surface area contributed by atoms with Crippen molar-refractivity contribution in [2.24, 2.45) is 0 Å². The molecule has 2 aromatic heterocycles. The SMILES string of the molecule is CCCCn1c(=O)c(CCC(=O)OCc2cc(-c3ccc(OC)cc3)no2)nc2ccccc21. The summed E-state index contributed by atoms with van der Waals surface area (Å²) in [5.74, 6) is 0.751. The van der Waals surface area contributed by atoms with Gasteiger partial charge < -0.3 is 18.6 Å². The standard InChI is InChI=1S/C26H27N3O5/c1-3-4-15-29-24-8-6-5-7-21(24)27-22(26(29)31)13-14-25(30)33-17-20-16-23(28-34-20)18-9-11-19(32-2)12-10-18/h5-12,16H,3-4,13-15,17H2,1-2H3. The van der Waals surface area contributed by atoms with Gasteiger partial charge in [0.15, 0.2) is 12.4 Å². The summed E-state index contributed by atoms with van der Waals surface area (Å²) in [4.78, 5) is 29.8. The van der Waals surface area contributed by atoms with E-state index in [1.165, 1.54) is 0 Å². The molecule has 2 heterocycles. The molecule has 0 aliphatic carbocycles. The maximum Gasteiger partial charge on any atom is 0.306 e. The van der Waals surface area contributed by atoms with Crippen LogP contribution in [0.4, 0.5) is 0 Å². The minimum atomic E-state index is -0.433. The van der Waals surface area contributed by atoms with Crippen LogP contribution in [0.1, 0.15) is 37.6 Å². The van der Waals surface area contributed by atoms with E-state index in [4.69, 9.17) is 14.0 Å². The second kappa shape index (κ2) is 10.8. The molecule has 0 spiro atoms. The summed E-state index contributed by atoms with van der Waals surface area (Å²) >= 11 is 0. The summed E-state index contributed by atoms with van der Waals surface area (Å²) in [6, 6.07) is 16.7. The fourth-order valence-corrected chi connectivity index (χ4v) is 3.67. The van der Waals surface area contributed by atoms with Crippen LogP contribution in [-0.4, -0.2) is 27.8 Å². The second-order valence-electron chi connectivity index (χ2n) is 7.93. The van der Waals surface area contributed by atoms with Crippen molar-refractivity contribution < 1.29 is 18.8 Å². The molecule has 0 amide bonds. The van der Waals surface area contributed by atoms with Crippen molar-refractivity contribution in [3.05, 3.63) is 76.4 Å². The number of fused-ring (bicyclic) bond motifs is 1. The van der Waals surface area contributed by atoms with E-state index in [9.17, 15) is 9.59 Å². The van der Waals surface area contributed by atoms with E-state index in [0.717, 1.165) is 35.2 Å². The summed E-state index contributed by atoms with van der Waals surface area (Å²) in [5.41, 5.74) is 3.28. The largest absolute Gasteiger partial charge is 0.497 e. The lowest BCUT2D eigenvalue weighted by Crippen LogP contribution is -2.26. The third-order valence-electron chi connectivity index (χ3n) is 5.54. The fraction of sp³-hybridized carbons (Fsp3) is 0.308. The number of aromatic nitrogens is 3. The average molecular weight is 462 g/mol. The van der Waals surface area contributed by atoms with Crippen LogP contribution < -0.4 is 10.3 Å². The number of para-hydroxylation sites is 2. The molecule has 0 atom stereocenters. The molecule has 2 aromatic carbocycles. The van der Waals surface area contributed by atoms with Gasteiger partial charge in [0, 0.05) is 24.6 Å². The Kier molecular flexibility index (Phi) is 7.37. The molecular formula is C26H27N3O5. The van der Waals surface area contributed by atoms with Gasteiger partial charge in [-0.15, -0.1) is 0 Å². The highest BCUT2D eigenvalue weighted by molar-refractivity contribution is 5.75. The minimum Gasteiger partial charge on any atom is -0.497 e. The number of hydrogen-bond acceptors (Lipinski definition) is 7. The molecule has 4 rings (SSSR count). The maximum absolute atomic E-state index is 13.0. The monoisotopic (exact) mass is 461 g/mol. The number of ether oxygens (including phenoxy) is 2. The highest BCUT2D eigenvalue weighted by atomic mass is 16.5. The van der Waals surface area contributed by atoms with Crippen molar-refractivity contribution in [3.8, 4) is 17.0 Å². The quantitative estimate of drug-likeness (QED) is 0.320. The summed E-state index contributed by atoms with van der Waals surface area (Å²) in [5, 5.41) is 4.03. The van der Waals surface area contributed by atoms with Crippen molar-refractivity contribution in [2.75, 3.05) is 7.11 Å².